The van der Waals surface area contributed by atoms with Gasteiger partial charge in [0.25, 0.3) is 10.0 Å². The van der Waals surface area contributed by atoms with Crippen molar-refractivity contribution in [2.45, 2.75) is 43.7 Å². The molecule has 0 aromatic heterocycles. The van der Waals surface area contributed by atoms with Crippen molar-refractivity contribution in [3.05, 3.63) is 59.7 Å². The number of amidine groups is 1. The number of hydrogen-bond acceptors (Lipinski definition) is 5. The molecule has 0 saturated carbocycles. The second-order valence-electron chi connectivity index (χ2n) is 6.81. The van der Waals surface area contributed by atoms with Crippen LogP contribution in [0.2, 0.25) is 0 Å². The molecular weight excluding hydrogens is 390 g/mol. The summed E-state index contributed by atoms with van der Waals surface area (Å²) in [6.45, 7) is 2.37. The van der Waals surface area contributed by atoms with E-state index in [1.165, 1.54) is 6.07 Å². The number of hydrogen-bond donors (Lipinski definition) is 2. The van der Waals surface area contributed by atoms with Gasteiger partial charge in [-0.05, 0) is 36.2 Å². The molecule has 29 heavy (non-hydrogen) atoms. The molecular formula is C21H25N3O4S. The first kappa shape index (κ1) is 20.9. The van der Waals surface area contributed by atoms with Crippen molar-refractivity contribution in [1.29, 1.82) is 0 Å². The van der Waals surface area contributed by atoms with Gasteiger partial charge < -0.3 is 10.1 Å². The summed E-state index contributed by atoms with van der Waals surface area (Å²) in [5, 5.41) is 2.90. The molecule has 1 atom stereocenters. The van der Waals surface area contributed by atoms with Crippen LogP contribution in [0.15, 0.2) is 58.4 Å². The lowest BCUT2D eigenvalue weighted by Gasteiger charge is -2.14. The number of aliphatic imine (C=N–C) groups is 1. The molecule has 1 aliphatic rings. The molecule has 2 aromatic rings. The molecule has 0 spiro atoms. The van der Waals surface area contributed by atoms with Gasteiger partial charge in [-0.2, -0.15) is 0 Å². The highest BCUT2D eigenvalue weighted by Crippen LogP contribution is 2.23. The predicted octanol–water partition coefficient (Wildman–Crippen LogP) is 2.61. The van der Waals surface area contributed by atoms with Crippen molar-refractivity contribution in [2.24, 2.45) is 4.99 Å². The SMILES string of the molecule is CCCCC(N=C1NS(=O)(=O)c2ccccc21)C(=O)NCc1cccc(OC)c1. The minimum Gasteiger partial charge on any atom is -0.497 e. The predicted molar refractivity (Wildman–Crippen MR) is 111 cm³/mol. The van der Waals surface area contributed by atoms with Gasteiger partial charge in [0.05, 0.1) is 12.0 Å². The van der Waals surface area contributed by atoms with E-state index in [9.17, 15) is 13.2 Å². The van der Waals surface area contributed by atoms with Crippen LogP contribution in [0.4, 0.5) is 0 Å². The molecule has 2 aromatic carbocycles. The Labute approximate surface area is 171 Å². The normalized spacial score (nSPS) is 16.7. The second kappa shape index (κ2) is 9.09. The highest BCUT2D eigenvalue weighted by atomic mass is 32.2. The summed E-state index contributed by atoms with van der Waals surface area (Å²) in [5.74, 6) is 0.701. The third kappa shape index (κ3) is 4.95. The molecule has 8 heteroatoms. The molecule has 1 amide bonds. The van der Waals surface area contributed by atoms with E-state index in [4.69, 9.17) is 4.74 Å². The first-order chi connectivity index (χ1) is 13.9. The highest BCUT2D eigenvalue weighted by Gasteiger charge is 2.31. The van der Waals surface area contributed by atoms with Crippen LogP contribution < -0.4 is 14.8 Å². The van der Waals surface area contributed by atoms with E-state index < -0.39 is 16.1 Å². The van der Waals surface area contributed by atoms with E-state index in [-0.39, 0.29) is 16.6 Å². The molecule has 1 unspecified atom stereocenters. The highest BCUT2D eigenvalue weighted by molar-refractivity contribution is 7.90. The van der Waals surface area contributed by atoms with Crippen molar-refractivity contribution in [3.8, 4) is 5.75 Å². The van der Waals surface area contributed by atoms with Crippen LogP contribution in [0.3, 0.4) is 0 Å². The Morgan fingerprint density at radius 2 is 2.00 bits per heavy atom. The zero-order valence-electron chi connectivity index (χ0n) is 16.5. The Bertz CT molecular complexity index is 1020. The fourth-order valence-corrected chi connectivity index (χ4v) is 4.37. The Hall–Kier alpha value is -2.87. The molecule has 3 rings (SSSR count). The van der Waals surface area contributed by atoms with Crippen molar-refractivity contribution in [3.63, 3.8) is 0 Å². The molecule has 7 nitrogen and oxygen atoms in total. The number of methoxy groups -OCH3 is 1. The number of nitrogens with one attached hydrogen (secondary N) is 2. The van der Waals surface area contributed by atoms with Crippen LogP contribution >= 0.6 is 0 Å². The van der Waals surface area contributed by atoms with Crippen LogP contribution in [0.1, 0.15) is 37.3 Å². The van der Waals surface area contributed by atoms with Gasteiger partial charge in [0.2, 0.25) is 5.91 Å². The number of carbonyl (C=O) groups excluding carboxylic acids is 1. The molecule has 1 aliphatic heterocycles. The average molecular weight is 416 g/mol. The van der Waals surface area contributed by atoms with Crippen LogP contribution in [-0.4, -0.2) is 33.3 Å². The topological polar surface area (TPSA) is 96.9 Å². The number of unbranched alkanes of at least 4 members (excludes halogenated alkanes) is 1. The Morgan fingerprint density at radius 3 is 2.76 bits per heavy atom. The van der Waals surface area contributed by atoms with E-state index >= 15 is 0 Å². The van der Waals surface area contributed by atoms with Crippen molar-refractivity contribution < 1.29 is 17.9 Å². The largest absolute Gasteiger partial charge is 0.497 e. The zero-order chi connectivity index (χ0) is 20.9. The van der Waals surface area contributed by atoms with E-state index in [2.05, 4.69) is 15.0 Å². The van der Waals surface area contributed by atoms with Crippen molar-refractivity contribution in [2.75, 3.05) is 7.11 Å². The fourth-order valence-electron chi connectivity index (χ4n) is 3.13. The lowest BCUT2D eigenvalue weighted by molar-refractivity contribution is -0.122. The second-order valence-corrected chi connectivity index (χ2v) is 8.46. The maximum atomic E-state index is 12.8. The van der Waals surface area contributed by atoms with Crippen molar-refractivity contribution in [1.82, 2.24) is 10.0 Å². The zero-order valence-corrected chi connectivity index (χ0v) is 17.3. The number of benzene rings is 2. The monoisotopic (exact) mass is 415 g/mol. The molecule has 154 valence electrons. The third-order valence-corrected chi connectivity index (χ3v) is 6.08. The standard InChI is InChI=1S/C21H25N3O4S/c1-3-4-11-18(21(25)22-14-15-8-7-9-16(13-15)28-2)23-20-17-10-5-6-12-19(17)29(26,27)24-20/h5-10,12-13,18H,3-4,11,14H2,1-2H3,(H,22,25)(H,23,24). The molecule has 0 saturated heterocycles. The summed E-state index contributed by atoms with van der Waals surface area (Å²) in [4.78, 5) is 17.5. The van der Waals surface area contributed by atoms with Crippen LogP contribution in [0.5, 0.6) is 5.75 Å². The van der Waals surface area contributed by atoms with Crippen molar-refractivity contribution >= 4 is 21.8 Å². The maximum absolute atomic E-state index is 12.8. The number of fused-ring (bicyclic) bond motifs is 1. The summed E-state index contributed by atoms with van der Waals surface area (Å²) in [7, 11) is -2.04. The summed E-state index contributed by atoms with van der Waals surface area (Å²) < 4.78 is 32.3. The number of amides is 1. The Morgan fingerprint density at radius 1 is 1.21 bits per heavy atom. The van der Waals surface area contributed by atoms with Gasteiger partial charge in [0.15, 0.2) is 0 Å². The first-order valence-corrected chi connectivity index (χ1v) is 11.0. The van der Waals surface area contributed by atoms with Gasteiger partial charge in [0, 0.05) is 12.1 Å². The summed E-state index contributed by atoms with van der Waals surface area (Å²) in [6, 6.07) is 13.4. The van der Waals surface area contributed by atoms with Gasteiger partial charge in [0.1, 0.15) is 17.6 Å². The quantitative estimate of drug-likeness (QED) is 0.693. The van der Waals surface area contributed by atoms with E-state index in [1.807, 2.05) is 31.2 Å². The number of carbonyl (C=O) groups is 1. The smallest absolute Gasteiger partial charge is 0.263 e. The van der Waals surface area contributed by atoms with Crippen LogP contribution in [0.25, 0.3) is 0 Å². The Balaban J connectivity index is 1.79. The molecule has 0 fully saturated rings. The number of ether oxygens (including phenoxy) is 1. The molecule has 1 heterocycles. The van der Waals surface area contributed by atoms with E-state index in [1.54, 1.807) is 25.3 Å². The lowest BCUT2D eigenvalue weighted by atomic mass is 10.1. The van der Waals surface area contributed by atoms with Gasteiger partial charge in [-0.15, -0.1) is 0 Å². The molecule has 0 radical (unpaired) electrons. The number of nitrogens with zero attached hydrogens (tertiary/aromatic N) is 1. The van der Waals surface area contributed by atoms with E-state index in [0.717, 1.165) is 24.2 Å². The Kier molecular flexibility index (Phi) is 6.53. The molecule has 2 N–H and O–H groups in total. The summed E-state index contributed by atoms with van der Waals surface area (Å²) in [5.41, 5.74) is 1.40. The summed E-state index contributed by atoms with van der Waals surface area (Å²) >= 11 is 0. The van der Waals surface area contributed by atoms with Gasteiger partial charge in [-0.1, -0.05) is 44.0 Å². The van der Waals surface area contributed by atoms with Crippen LogP contribution in [0, 0.1) is 0 Å². The van der Waals surface area contributed by atoms with Gasteiger partial charge >= 0.3 is 0 Å². The lowest BCUT2D eigenvalue weighted by Crippen LogP contribution is -2.35. The first-order valence-electron chi connectivity index (χ1n) is 9.55. The fraction of sp³-hybridized carbons (Fsp3) is 0.333. The van der Waals surface area contributed by atoms with Gasteiger partial charge in [-0.3, -0.25) is 14.5 Å². The minimum absolute atomic E-state index is 0.185. The van der Waals surface area contributed by atoms with Gasteiger partial charge in [-0.25, -0.2) is 8.42 Å². The van der Waals surface area contributed by atoms with E-state index in [0.29, 0.717) is 18.5 Å². The maximum Gasteiger partial charge on any atom is 0.263 e. The number of rotatable bonds is 8. The molecule has 0 bridgehead atoms. The average Bonchev–Trinajstić information content (AvgIpc) is 2.99. The minimum atomic E-state index is -3.64. The third-order valence-electron chi connectivity index (χ3n) is 4.68. The number of sulfonamides is 1. The molecule has 0 aliphatic carbocycles. The van der Waals surface area contributed by atoms with Crippen LogP contribution in [-0.2, 0) is 21.4 Å². The summed E-state index contributed by atoms with van der Waals surface area (Å²) in [6.07, 6.45) is 2.25.